The summed E-state index contributed by atoms with van der Waals surface area (Å²) >= 11 is 0. The van der Waals surface area contributed by atoms with Crippen molar-refractivity contribution in [1.82, 2.24) is 15.3 Å². The van der Waals surface area contributed by atoms with Crippen molar-refractivity contribution >= 4 is 11.7 Å². The number of carbonyl (C=O) groups is 1. The van der Waals surface area contributed by atoms with Gasteiger partial charge in [0.15, 0.2) is 11.5 Å². The average molecular weight is 360 g/mol. The maximum atomic E-state index is 12.4. The topological polar surface area (TPSA) is 94.6 Å². The molecule has 0 spiro atoms. The van der Waals surface area contributed by atoms with Gasteiger partial charge in [-0.25, -0.2) is 9.97 Å². The minimum atomic E-state index is -0.278. The third-order valence-corrected chi connectivity index (χ3v) is 3.58. The normalized spacial score (nSPS) is 10.3. The first kappa shape index (κ1) is 19.5. The van der Waals surface area contributed by atoms with Crippen molar-refractivity contribution in [1.29, 1.82) is 0 Å². The summed E-state index contributed by atoms with van der Waals surface area (Å²) in [6.45, 7) is 3.23. The van der Waals surface area contributed by atoms with E-state index in [1.807, 2.05) is 12.1 Å². The van der Waals surface area contributed by atoms with Crippen LogP contribution in [-0.2, 0) is 11.3 Å². The molecule has 0 saturated heterocycles. The zero-order chi connectivity index (χ0) is 18.9. The molecule has 0 aliphatic heterocycles. The molecule has 2 aromatic rings. The molecule has 1 amide bonds. The fourth-order valence-corrected chi connectivity index (χ4v) is 2.32. The number of benzene rings is 1. The number of methoxy groups -OCH3 is 3. The van der Waals surface area contributed by atoms with Crippen LogP contribution in [0.3, 0.4) is 0 Å². The van der Waals surface area contributed by atoms with Crippen molar-refractivity contribution in [3.8, 4) is 11.5 Å². The Kier molecular flexibility index (Phi) is 7.16. The van der Waals surface area contributed by atoms with E-state index in [1.165, 1.54) is 0 Å². The number of hydrogen-bond donors (Lipinski definition) is 2. The highest BCUT2D eigenvalue weighted by Gasteiger charge is 2.11. The second-order valence-corrected chi connectivity index (χ2v) is 5.48. The molecule has 2 N–H and O–H groups in total. The van der Waals surface area contributed by atoms with E-state index in [4.69, 9.17) is 14.2 Å². The Hall–Kier alpha value is -2.87. The third kappa shape index (κ3) is 5.32. The van der Waals surface area contributed by atoms with Crippen LogP contribution in [0.2, 0.25) is 0 Å². The molecule has 8 heteroatoms. The molecule has 0 radical (unpaired) electrons. The monoisotopic (exact) mass is 360 g/mol. The van der Waals surface area contributed by atoms with E-state index < -0.39 is 0 Å². The Balaban J connectivity index is 2.03. The van der Waals surface area contributed by atoms with Crippen molar-refractivity contribution in [2.45, 2.75) is 13.5 Å². The van der Waals surface area contributed by atoms with Crippen molar-refractivity contribution in [3.63, 3.8) is 0 Å². The fraction of sp³-hybridized carbons (Fsp3) is 0.389. The Labute approximate surface area is 152 Å². The zero-order valence-corrected chi connectivity index (χ0v) is 15.5. The highest BCUT2D eigenvalue weighted by atomic mass is 16.5. The standard InChI is InChI=1S/C18H24N4O4/c1-12-21-14(10-17(22-12)19-7-8-24-2)18(23)20-11-13-5-6-15(25-3)16(9-13)26-4/h5-6,9-10H,7-8,11H2,1-4H3,(H,20,23)(H,19,21,22). The molecule has 1 aromatic heterocycles. The number of anilines is 1. The van der Waals surface area contributed by atoms with E-state index in [0.717, 1.165) is 5.56 Å². The van der Waals surface area contributed by atoms with E-state index >= 15 is 0 Å². The van der Waals surface area contributed by atoms with Gasteiger partial charge < -0.3 is 24.8 Å². The molecule has 0 bridgehead atoms. The maximum Gasteiger partial charge on any atom is 0.270 e. The first-order valence-corrected chi connectivity index (χ1v) is 8.15. The summed E-state index contributed by atoms with van der Waals surface area (Å²) in [5.74, 6) is 2.08. The Morgan fingerprint density at radius 3 is 2.54 bits per heavy atom. The first-order valence-electron chi connectivity index (χ1n) is 8.15. The van der Waals surface area contributed by atoms with Crippen LogP contribution in [0.4, 0.5) is 5.82 Å². The van der Waals surface area contributed by atoms with Crippen molar-refractivity contribution in [2.75, 3.05) is 39.8 Å². The lowest BCUT2D eigenvalue weighted by molar-refractivity contribution is 0.0945. The Morgan fingerprint density at radius 1 is 1.08 bits per heavy atom. The van der Waals surface area contributed by atoms with Gasteiger partial charge in [0.05, 0.1) is 20.8 Å². The SMILES string of the molecule is COCCNc1cc(C(=O)NCc2ccc(OC)c(OC)c2)nc(C)n1. The smallest absolute Gasteiger partial charge is 0.270 e. The number of aromatic nitrogens is 2. The van der Waals surface area contributed by atoms with Crippen LogP contribution in [-0.4, -0.2) is 50.4 Å². The van der Waals surface area contributed by atoms with Crippen molar-refractivity contribution in [3.05, 3.63) is 41.3 Å². The second-order valence-electron chi connectivity index (χ2n) is 5.48. The number of rotatable bonds is 9. The summed E-state index contributed by atoms with van der Waals surface area (Å²) in [5, 5.41) is 5.94. The highest BCUT2D eigenvalue weighted by Crippen LogP contribution is 2.27. The van der Waals surface area contributed by atoms with Gasteiger partial charge in [-0.05, 0) is 24.6 Å². The summed E-state index contributed by atoms with van der Waals surface area (Å²) in [4.78, 5) is 20.9. The molecule has 0 saturated carbocycles. The van der Waals surface area contributed by atoms with Crippen LogP contribution in [0.25, 0.3) is 0 Å². The molecule has 1 aromatic carbocycles. The molecule has 0 atom stereocenters. The van der Waals surface area contributed by atoms with Gasteiger partial charge in [-0.3, -0.25) is 4.79 Å². The summed E-state index contributed by atoms with van der Waals surface area (Å²) in [6, 6.07) is 7.10. The van der Waals surface area contributed by atoms with E-state index in [-0.39, 0.29) is 5.91 Å². The summed E-state index contributed by atoms with van der Waals surface area (Å²) in [5.41, 5.74) is 1.19. The number of amides is 1. The van der Waals surface area contributed by atoms with Gasteiger partial charge in [-0.2, -0.15) is 0 Å². The highest BCUT2D eigenvalue weighted by molar-refractivity contribution is 5.92. The Bertz CT molecular complexity index is 752. The van der Waals surface area contributed by atoms with E-state index in [2.05, 4.69) is 20.6 Å². The first-order chi connectivity index (χ1) is 12.6. The van der Waals surface area contributed by atoms with Crippen molar-refractivity contribution < 1.29 is 19.0 Å². The number of ether oxygens (including phenoxy) is 3. The number of nitrogens with one attached hydrogen (secondary N) is 2. The summed E-state index contributed by atoms with van der Waals surface area (Å²) in [6.07, 6.45) is 0. The molecule has 8 nitrogen and oxygen atoms in total. The minimum absolute atomic E-state index is 0.278. The Morgan fingerprint density at radius 2 is 1.85 bits per heavy atom. The van der Waals surface area contributed by atoms with E-state index in [0.29, 0.717) is 48.5 Å². The molecule has 0 unspecified atom stereocenters. The van der Waals surface area contributed by atoms with Gasteiger partial charge in [0, 0.05) is 26.3 Å². The predicted molar refractivity (Wildman–Crippen MR) is 97.9 cm³/mol. The van der Waals surface area contributed by atoms with E-state index in [9.17, 15) is 4.79 Å². The van der Waals surface area contributed by atoms with Gasteiger partial charge in [-0.1, -0.05) is 6.07 Å². The van der Waals surface area contributed by atoms with Gasteiger partial charge in [0.2, 0.25) is 0 Å². The molecule has 0 aliphatic carbocycles. The quantitative estimate of drug-likeness (QED) is 0.658. The number of nitrogens with zero attached hydrogens (tertiary/aromatic N) is 2. The average Bonchev–Trinajstić information content (AvgIpc) is 2.65. The number of aryl methyl sites for hydroxylation is 1. The van der Waals surface area contributed by atoms with Gasteiger partial charge in [0.25, 0.3) is 5.91 Å². The number of carbonyl (C=O) groups excluding carboxylic acids is 1. The minimum Gasteiger partial charge on any atom is -0.493 e. The fourth-order valence-electron chi connectivity index (χ4n) is 2.32. The molecule has 26 heavy (non-hydrogen) atoms. The third-order valence-electron chi connectivity index (χ3n) is 3.58. The molecule has 2 rings (SSSR count). The van der Waals surface area contributed by atoms with Crippen LogP contribution in [0.15, 0.2) is 24.3 Å². The predicted octanol–water partition coefficient (Wildman–Crippen LogP) is 1.79. The molecular formula is C18H24N4O4. The van der Waals surface area contributed by atoms with Crippen LogP contribution >= 0.6 is 0 Å². The van der Waals surface area contributed by atoms with Crippen LogP contribution in [0, 0.1) is 6.92 Å². The molecular weight excluding hydrogens is 336 g/mol. The van der Waals surface area contributed by atoms with Gasteiger partial charge >= 0.3 is 0 Å². The summed E-state index contributed by atoms with van der Waals surface area (Å²) < 4.78 is 15.5. The lowest BCUT2D eigenvalue weighted by Crippen LogP contribution is -2.24. The number of hydrogen-bond acceptors (Lipinski definition) is 7. The molecule has 0 aliphatic rings. The second kappa shape index (κ2) is 9.57. The maximum absolute atomic E-state index is 12.4. The van der Waals surface area contributed by atoms with Gasteiger partial charge in [0.1, 0.15) is 17.3 Å². The largest absolute Gasteiger partial charge is 0.493 e. The lowest BCUT2D eigenvalue weighted by atomic mass is 10.2. The van der Waals surface area contributed by atoms with Crippen LogP contribution in [0.1, 0.15) is 21.9 Å². The van der Waals surface area contributed by atoms with Crippen LogP contribution in [0.5, 0.6) is 11.5 Å². The van der Waals surface area contributed by atoms with E-state index in [1.54, 1.807) is 40.4 Å². The molecule has 0 fully saturated rings. The van der Waals surface area contributed by atoms with Gasteiger partial charge in [-0.15, -0.1) is 0 Å². The molecule has 1 heterocycles. The van der Waals surface area contributed by atoms with Crippen LogP contribution < -0.4 is 20.1 Å². The molecule has 140 valence electrons. The summed E-state index contributed by atoms with van der Waals surface area (Å²) in [7, 11) is 4.77. The lowest BCUT2D eigenvalue weighted by Gasteiger charge is -2.11. The zero-order valence-electron chi connectivity index (χ0n) is 15.5. The van der Waals surface area contributed by atoms with Crippen molar-refractivity contribution in [2.24, 2.45) is 0 Å².